The number of nitrogens with zero attached hydrogens (tertiary/aromatic N) is 6. The van der Waals surface area contributed by atoms with Crippen LogP contribution in [0.5, 0.6) is 0 Å². The van der Waals surface area contributed by atoms with Gasteiger partial charge in [-0.2, -0.15) is 5.10 Å². The van der Waals surface area contributed by atoms with Gasteiger partial charge in [0.2, 0.25) is 0 Å². The fourth-order valence-electron chi connectivity index (χ4n) is 4.45. The number of ether oxygens (including phenoxy) is 1. The van der Waals surface area contributed by atoms with Crippen molar-refractivity contribution in [3.63, 3.8) is 0 Å². The summed E-state index contributed by atoms with van der Waals surface area (Å²) in [5, 5.41) is 5.61. The number of morpholine rings is 1. The number of rotatable bonds is 3. The Morgan fingerprint density at radius 1 is 1.00 bits per heavy atom. The molecule has 6 rings (SSSR count). The number of fused-ring (bicyclic) bond motifs is 2. The van der Waals surface area contributed by atoms with Gasteiger partial charge in [0.05, 0.1) is 25.6 Å². The second-order valence-electron chi connectivity index (χ2n) is 8.83. The van der Waals surface area contributed by atoms with E-state index in [0.29, 0.717) is 38.3 Å². The molecule has 36 heavy (non-hydrogen) atoms. The number of carbonyl (C=O) groups is 1. The van der Waals surface area contributed by atoms with Crippen molar-refractivity contribution in [2.45, 2.75) is 6.42 Å². The maximum atomic E-state index is 12.7. The molecule has 0 atom stereocenters. The van der Waals surface area contributed by atoms with Crippen molar-refractivity contribution in [1.29, 1.82) is 0 Å². The van der Waals surface area contributed by atoms with E-state index in [-0.39, 0.29) is 5.91 Å². The molecule has 1 saturated heterocycles. The van der Waals surface area contributed by atoms with Crippen LogP contribution in [0, 0.1) is 11.8 Å². The van der Waals surface area contributed by atoms with E-state index in [1.165, 1.54) is 0 Å². The first-order valence-corrected chi connectivity index (χ1v) is 11.9. The van der Waals surface area contributed by atoms with E-state index in [2.05, 4.69) is 26.9 Å². The van der Waals surface area contributed by atoms with Crippen LogP contribution >= 0.6 is 0 Å². The summed E-state index contributed by atoms with van der Waals surface area (Å²) in [4.78, 5) is 23.4. The lowest BCUT2D eigenvalue weighted by Crippen LogP contribution is -2.40. The van der Waals surface area contributed by atoms with Gasteiger partial charge >= 0.3 is 0 Å². The lowest BCUT2D eigenvalue weighted by atomic mass is 10.0. The third-order valence-corrected chi connectivity index (χ3v) is 6.42. The molecular weight excluding hydrogens is 452 g/mol. The largest absolute Gasteiger partial charge is 0.378 e. The van der Waals surface area contributed by atoms with Crippen molar-refractivity contribution in [3.05, 3.63) is 95.2 Å². The molecule has 178 valence electrons. The minimum Gasteiger partial charge on any atom is -0.378 e. The Kier molecular flexibility index (Phi) is 5.68. The fourth-order valence-corrected chi connectivity index (χ4v) is 4.45. The molecule has 0 radical (unpaired) electrons. The van der Waals surface area contributed by atoms with Crippen molar-refractivity contribution in [2.75, 3.05) is 26.3 Å². The number of hydrogen-bond acceptors (Lipinski definition) is 5. The molecule has 0 N–H and O–H groups in total. The molecule has 5 aromatic rings. The molecule has 8 nitrogen and oxygen atoms in total. The SMILES string of the molecule is Cn1ccc2c(C#Cc3cnc4cc(Cc5ccc(C(=O)N6CCOCC6)cc5)cnn34)ccnc21. The van der Waals surface area contributed by atoms with Gasteiger partial charge in [-0.3, -0.25) is 4.79 Å². The number of carbonyl (C=O) groups excluding carboxylic acids is 1. The Bertz CT molecular complexity index is 1630. The minimum absolute atomic E-state index is 0.0544. The number of aromatic nitrogens is 5. The quantitative estimate of drug-likeness (QED) is 0.374. The number of hydrogen-bond donors (Lipinski definition) is 0. The van der Waals surface area contributed by atoms with Crippen LogP contribution in [0.15, 0.2) is 67.3 Å². The average molecular weight is 477 g/mol. The van der Waals surface area contributed by atoms with Crippen molar-refractivity contribution >= 4 is 22.6 Å². The molecule has 1 aliphatic heterocycles. The normalized spacial score (nSPS) is 13.6. The van der Waals surface area contributed by atoms with Crippen LogP contribution in [0.1, 0.15) is 32.7 Å². The van der Waals surface area contributed by atoms with Crippen LogP contribution in [-0.4, -0.2) is 61.3 Å². The molecule has 0 bridgehead atoms. The Balaban J connectivity index is 1.19. The van der Waals surface area contributed by atoms with Gasteiger partial charge in [-0.05, 0) is 53.8 Å². The molecule has 1 aliphatic rings. The van der Waals surface area contributed by atoms with E-state index >= 15 is 0 Å². The summed E-state index contributed by atoms with van der Waals surface area (Å²) in [7, 11) is 1.97. The molecule has 1 fully saturated rings. The van der Waals surface area contributed by atoms with Gasteiger partial charge in [0, 0.05) is 49.0 Å². The van der Waals surface area contributed by atoms with Gasteiger partial charge in [-0.1, -0.05) is 18.1 Å². The zero-order valence-electron chi connectivity index (χ0n) is 19.9. The topological polar surface area (TPSA) is 77.5 Å². The van der Waals surface area contributed by atoms with Crippen molar-refractivity contribution in [2.24, 2.45) is 7.05 Å². The molecule has 0 unspecified atom stereocenters. The Morgan fingerprint density at radius 3 is 2.67 bits per heavy atom. The van der Waals surface area contributed by atoms with Crippen molar-refractivity contribution < 1.29 is 9.53 Å². The third-order valence-electron chi connectivity index (χ3n) is 6.42. The Labute approximate surface area is 208 Å². The molecule has 0 spiro atoms. The molecule has 4 aromatic heterocycles. The monoisotopic (exact) mass is 476 g/mol. The molecule has 1 amide bonds. The zero-order chi connectivity index (χ0) is 24.5. The summed E-state index contributed by atoms with van der Waals surface area (Å²) >= 11 is 0. The maximum Gasteiger partial charge on any atom is 0.254 e. The van der Waals surface area contributed by atoms with Crippen molar-refractivity contribution in [1.82, 2.24) is 29.0 Å². The van der Waals surface area contributed by atoms with Gasteiger partial charge in [-0.15, -0.1) is 0 Å². The summed E-state index contributed by atoms with van der Waals surface area (Å²) in [6, 6.07) is 13.8. The summed E-state index contributed by atoms with van der Waals surface area (Å²) in [5.41, 5.74) is 6.14. The summed E-state index contributed by atoms with van der Waals surface area (Å²) in [5.74, 6) is 6.51. The first kappa shape index (κ1) is 22.0. The van der Waals surface area contributed by atoms with Gasteiger partial charge in [0.1, 0.15) is 11.3 Å². The maximum absolute atomic E-state index is 12.7. The predicted molar refractivity (Wildman–Crippen MR) is 136 cm³/mol. The third kappa shape index (κ3) is 4.21. The number of aryl methyl sites for hydroxylation is 1. The highest BCUT2D eigenvalue weighted by atomic mass is 16.5. The van der Waals surface area contributed by atoms with E-state index in [4.69, 9.17) is 4.74 Å². The summed E-state index contributed by atoms with van der Waals surface area (Å²) in [6.07, 6.45) is 8.04. The van der Waals surface area contributed by atoms with Crippen molar-refractivity contribution in [3.8, 4) is 11.8 Å². The van der Waals surface area contributed by atoms with Gasteiger partial charge in [-0.25, -0.2) is 14.5 Å². The minimum atomic E-state index is 0.0544. The van der Waals surface area contributed by atoms with E-state index < -0.39 is 0 Å². The lowest BCUT2D eigenvalue weighted by molar-refractivity contribution is 0.0303. The molecule has 5 heterocycles. The Hall–Kier alpha value is -4.48. The van der Waals surface area contributed by atoms with Crippen LogP contribution in [0.25, 0.3) is 16.7 Å². The van der Waals surface area contributed by atoms with Gasteiger partial charge in [0.15, 0.2) is 5.65 Å². The van der Waals surface area contributed by atoms with Crippen LogP contribution in [0.3, 0.4) is 0 Å². The van der Waals surface area contributed by atoms with Crippen LogP contribution in [0.4, 0.5) is 0 Å². The molecule has 0 saturated carbocycles. The molecule has 1 aromatic carbocycles. The summed E-state index contributed by atoms with van der Waals surface area (Å²) < 4.78 is 9.07. The average Bonchev–Trinajstić information content (AvgIpc) is 3.51. The van der Waals surface area contributed by atoms with Crippen LogP contribution in [-0.2, 0) is 18.2 Å². The van der Waals surface area contributed by atoms with E-state index in [0.717, 1.165) is 39.1 Å². The van der Waals surface area contributed by atoms with E-state index in [1.54, 1.807) is 16.9 Å². The fraction of sp³-hybridized carbons (Fsp3) is 0.214. The highest BCUT2D eigenvalue weighted by Crippen LogP contribution is 2.17. The Morgan fingerprint density at radius 2 is 1.83 bits per heavy atom. The zero-order valence-corrected chi connectivity index (χ0v) is 19.9. The highest BCUT2D eigenvalue weighted by molar-refractivity contribution is 5.94. The number of benzene rings is 1. The van der Waals surface area contributed by atoms with Crippen LogP contribution < -0.4 is 0 Å². The lowest BCUT2D eigenvalue weighted by Gasteiger charge is -2.26. The molecule has 0 aliphatic carbocycles. The molecule has 8 heteroatoms. The first-order valence-electron chi connectivity index (χ1n) is 11.9. The number of imidazole rings is 1. The van der Waals surface area contributed by atoms with Gasteiger partial charge < -0.3 is 14.2 Å². The first-order chi connectivity index (χ1) is 17.7. The second-order valence-corrected chi connectivity index (χ2v) is 8.83. The smallest absolute Gasteiger partial charge is 0.254 e. The van der Waals surface area contributed by atoms with E-state index in [9.17, 15) is 4.79 Å². The number of pyridine rings is 1. The second kappa shape index (κ2) is 9.29. The predicted octanol–water partition coefficient (Wildman–Crippen LogP) is 3.08. The summed E-state index contributed by atoms with van der Waals surface area (Å²) in [6.45, 7) is 2.48. The standard InChI is InChI=1S/C28H24N6O2/c1-32-11-9-25-22(8-10-29-27(25)32)6-7-24-19-30-26-17-21(18-31-34(24)26)16-20-2-4-23(5-3-20)28(35)33-12-14-36-15-13-33/h2-5,8-11,17-19H,12-16H2,1H3. The van der Waals surface area contributed by atoms with E-state index in [1.807, 2.05) is 71.4 Å². The highest BCUT2D eigenvalue weighted by Gasteiger charge is 2.18. The van der Waals surface area contributed by atoms with Crippen LogP contribution in [0.2, 0.25) is 0 Å². The molecular formula is C28H24N6O2. The van der Waals surface area contributed by atoms with Gasteiger partial charge in [0.25, 0.3) is 5.91 Å². The number of amides is 1.